The zero-order valence-corrected chi connectivity index (χ0v) is 14.6. The molecule has 0 radical (unpaired) electrons. The van der Waals surface area contributed by atoms with Crippen molar-refractivity contribution in [1.82, 2.24) is 10.2 Å². The summed E-state index contributed by atoms with van der Waals surface area (Å²) in [5.74, 6) is 0. The first kappa shape index (κ1) is 16.4. The van der Waals surface area contributed by atoms with E-state index in [4.69, 9.17) is 0 Å². The number of urea groups is 1. The quantitative estimate of drug-likeness (QED) is 0.858. The fourth-order valence-electron chi connectivity index (χ4n) is 3.43. The highest BCUT2D eigenvalue weighted by atomic mass is 32.2. The number of nitrogens with one attached hydrogen (secondary N) is 1. The molecular weight excluding hydrogens is 308 g/mol. The van der Waals surface area contributed by atoms with Crippen molar-refractivity contribution in [3.8, 4) is 0 Å². The summed E-state index contributed by atoms with van der Waals surface area (Å²) in [5, 5.41) is 2.93. The van der Waals surface area contributed by atoms with Crippen LogP contribution in [-0.2, 0) is 0 Å². The van der Waals surface area contributed by atoms with Crippen molar-refractivity contribution in [2.45, 2.75) is 63.3 Å². The molecule has 5 heteroatoms. The largest absolute Gasteiger partial charge is 0.335 e. The van der Waals surface area contributed by atoms with E-state index < -0.39 is 0 Å². The molecule has 23 heavy (non-hydrogen) atoms. The highest BCUT2D eigenvalue weighted by Gasteiger charge is 2.42. The van der Waals surface area contributed by atoms with E-state index in [1.54, 1.807) is 0 Å². The van der Waals surface area contributed by atoms with Gasteiger partial charge in [0.05, 0.1) is 11.3 Å². The van der Waals surface area contributed by atoms with Gasteiger partial charge in [-0.3, -0.25) is 9.69 Å². The number of rotatable bonds is 2. The van der Waals surface area contributed by atoms with Gasteiger partial charge >= 0.3 is 6.03 Å². The van der Waals surface area contributed by atoms with Crippen LogP contribution in [0, 0.1) is 6.92 Å². The van der Waals surface area contributed by atoms with E-state index >= 15 is 0 Å². The van der Waals surface area contributed by atoms with E-state index in [1.165, 1.54) is 28.6 Å². The summed E-state index contributed by atoms with van der Waals surface area (Å²) in [5.41, 5.74) is 2.30. The van der Waals surface area contributed by atoms with Gasteiger partial charge in [-0.05, 0) is 32.3 Å². The van der Waals surface area contributed by atoms with Crippen LogP contribution in [0.25, 0.3) is 0 Å². The van der Waals surface area contributed by atoms with Crippen LogP contribution in [0.15, 0.2) is 24.3 Å². The fraction of sp³-hybridized carbons (Fsp3) is 0.556. The second kappa shape index (κ2) is 6.95. The molecule has 1 saturated carbocycles. The van der Waals surface area contributed by atoms with Gasteiger partial charge in [-0.2, -0.15) is 0 Å². The molecule has 1 saturated heterocycles. The molecule has 2 unspecified atom stereocenters. The van der Waals surface area contributed by atoms with Crippen molar-refractivity contribution in [3.05, 3.63) is 35.4 Å². The number of imide groups is 1. The van der Waals surface area contributed by atoms with E-state index in [-0.39, 0.29) is 28.6 Å². The SMILES string of the molecule is Cc1ccc(C2SC(=O)N(C(=O)NC3CCCCC3)C2C)cc1. The van der Waals surface area contributed by atoms with Gasteiger partial charge in [0.15, 0.2) is 0 Å². The molecule has 3 rings (SSSR count). The number of hydrogen-bond donors (Lipinski definition) is 1. The Morgan fingerprint density at radius 3 is 2.48 bits per heavy atom. The maximum atomic E-state index is 12.5. The molecule has 3 amide bonds. The molecule has 1 aliphatic carbocycles. The molecule has 0 bridgehead atoms. The van der Waals surface area contributed by atoms with Gasteiger partial charge in [0.1, 0.15) is 0 Å². The molecule has 1 aromatic carbocycles. The first-order valence-corrected chi connectivity index (χ1v) is 9.31. The molecule has 4 nitrogen and oxygen atoms in total. The number of thioether (sulfide) groups is 1. The molecule has 2 aliphatic rings. The summed E-state index contributed by atoms with van der Waals surface area (Å²) in [6, 6.07) is 8.09. The number of hydrogen-bond acceptors (Lipinski definition) is 3. The number of amides is 3. The lowest BCUT2D eigenvalue weighted by molar-refractivity contribution is 0.184. The second-order valence-electron chi connectivity index (χ2n) is 6.61. The summed E-state index contributed by atoms with van der Waals surface area (Å²) in [4.78, 5) is 26.3. The number of nitrogens with zero attached hydrogens (tertiary/aromatic N) is 1. The topological polar surface area (TPSA) is 49.4 Å². The van der Waals surface area contributed by atoms with Crippen LogP contribution in [0.1, 0.15) is 55.4 Å². The van der Waals surface area contributed by atoms with Gasteiger partial charge in [-0.25, -0.2) is 4.79 Å². The average Bonchev–Trinajstić information content (AvgIpc) is 2.84. The molecule has 2 atom stereocenters. The van der Waals surface area contributed by atoms with E-state index in [1.807, 2.05) is 13.8 Å². The number of carbonyl (C=O) groups excluding carboxylic acids is 2. The van der Waals surface area contributed by atoms with Crippen LogP contribution >= 0.6 is 11.8 Å². The maximum absolute atomic E-state index is 12.5. The summed E-state index contributed by atoms with van der Waals surface area (Å²) >= 11 is 1.26. The van der Waals surface area contributed by atoms with E-state index in [9.17, 15) is 9.59 Å². The fourth-order valence-corrected chi connectivity index (χ4v) is 4.62. The molecule has 1 heterocycles. The zero-order valence-electron chi connectivity index (χ0n) is 13.7. The van der Waals surface area contributed by atoms with Crippen molar-refractivity contribution in [2.75, 3.05) is 0 Å². The lowest BCUT2D eigenvalue weighted by Gasteiger charge is -2.27. The van der Waals surface area contributed by atoms with Gasteiger partial charge < -0.3 is 5.32 Å². The molecule has 0 spiro atoms. The minimum atomic E-state index is -0.225. The Balaban J connectivity index is 1.69. The lowest BCUT2D eigenvalue weighted by Crippen LogP contribution is -2.48. The molecular formula is C18H24N2O2S. The van der Waals surface area contributed by atoms with Crippen molar-refractivity contribution in [1.29, 1.82) is 0 Å². The minimum Gasteiger partial charge on any atom is -0.335 e. The normalized spacial score (nSPS) is 25.7. The molecule has 1 N–H and O–H groups in total. The summed E-state index contributed by atoms with van der Waals surface area (Å²) in [7, 11) is 0. The van der Waals surface area contributed by atoms with Crippen molar-refractivity contribution in [2.24, 2.45) is 0 Å². The Morgan fingerprint density at radius 1 is 1.17 bits per heavy atom. The van der Waals surface area contributed by atoms with Gasteiger partial charge in [-0.1, -0.05) is 60.9 Å². The monoisotopic (exact) mass is 332 g/mol. The van der Waals surface area contributed by atoms with Gasteiger partial charge in [-0.15, -0.1) is 0 Å². The van der Waals surface area contributed by atoms with E-state index in [0.717, 1.165) is 31.2 Å². The standard InChI is InChI=1S/C18H24N2O2S/c1-12-8-10-14(11-9-12)16-13(2)20(18(22)23-16)17(21)19-15-6-4-3-5-7-15/h8-11,13,15-16H,3-7H2,1-2H3,(H,19,21). The Kier molecular flexibility index (Phi) is 4.95. The zero-order chi connectivity index (χ0) is 16.4. The first-order valence-electron chi connectivity index (χ1n) is 8.43. The molecule has 1 aromatic rings. The average molecular weight is 332 g/mol. The second-order valence-corrected chi connectivity index (χ2v) is 7.70. The van der Waals surface area contributed by atoms with Gasteiger partial charge in [0.25, 0.3) is 5.24 Å². The third-order valence-electron chi connectivity index (χ3n) is 4.83. The Labute approximate surface area is 142 Å². The highest BCUT2D eigenvalue weighted by molar-refractivity contribution is 8.14. The van der Waals surface area contributed by atoms with Crippen LogP contribution in [0.5, 0.6) is 0 Å². The van der Waals surface area contributed by atoms with Crippen LogP contribution < -0.4 is 5.32 Å². The number of carbonyl (C=O) groups is 2. The molecule has 124 valence electrons. The Bertz CT molecular complexity index is 581. The van der Waals surface area contributed by atoms with E-state index in [2.05, 4.69) is 29.6 Å². The summed E-state index contributed by atoms with van der Waals surface area (Å²) < 4.78 is 0. The minimum absolute atomic E-state index is 0.0141. The Morgan fingerprint density at radius 2 is 1.83 bits per heavy atom. The van der Waals surface area contributed by atoms with Crippen molar-refractivity contribution >= 4 is 23.0 Å². The predicted molar refractivity (Wildman–Crippen MR) is 93.6 cm³/mol. The molecule has 0 aromatic heterocycles. The first-order chi connectivity index (χ1) is 11.1. The van der Waals surface area contributed by atoms with Crippen LogP contribution in [0.2, 0.25) is 0 Å². The number of benzene rings is 1. The number of aryl methyl sites for hydroxylation is 1. The van der Waals surface area contributed by atoms with Crippen molar-refractivity contribution < 1.29 is 9.59 Å². The van der Waals surface area contributed by atoms with Crippen LogP contribution in [-0.4, -0.2) is 28.3 Å². The smallest absolute Gasteiger partial charge is 0.325 e. The van der Waals surface area contributed by atoms with E-state index in [0.29, 0.717) is 0 Å². The molecule has 1 aliphatic heterocycles. The Hall–Kier alpha value is -1.49. The molecule has 2 fully saturated rings. The maximum Gasteiger partial charge on any atom is 0.325 e. The van der Waals surface area contributed by atoms with Crippen LogP contribution in [0.3, 0.4) is 0 Å². The van der Waals surface area contributed by atoms with Crippen LogP contribution in [0.4, 0.5) is 9.59 Å². The summed E-state index contributed by atoms with van der Waals surface area (Å²) in [6.45, 7) is 4.01. The predicted octanol–water partition coefficient (Wildman–Crippen LogP) is 4.64. The summed E-state index contributed by atoms with van der Waals surface area (Å²) in [6.07, 6.45) is 5.62. The van der Waals surface area contributed by atoms with Crippen molar-refractivity contribution in [3.63, 3.8) is 0 Å². The third-order valence-corrected chi connectivity index (χ3v) is 6.15. The lowest BCUT2D eigenvalue weighted by atomic mass is 9.96. The highest BCUT2D eigenvalue weighted by Crippen LogP contribution is 2.43. The van der Waals surface area contributed by atoms with Gasteiger partial charge in [0.2, 0.25) is 0 Å². The third kappa shape index (κ3) is 3.55. The van der Waals surface area contributed by atoms with Gasteiger partial charge in [0, 0.05) is 6.04 Å².